The van der Waals surface area contributed by atoms with E-state index < -0.39 is 17.6 Å². The summed E-state index contributed by atoms with van der Waals surface area (Å²) in [5, 5.41) is 5.59. The zero-order chi connectivity index (χ0) is 26.2. The van der Waals surface area contributed by atoms with Gasteiger partial charge in [0.15, 0.2) is 0 Å². The lowest BCUT2D eigenvalue weighted by Crippen LogP contribution is -2.44. The van der Waals surface area contributed by atoms with Crippen LogP contribution in [0.3, 0.4) is 0 Å². The Morgan fingerprint density at radius 1 is 1.16 bits per heavy atom. The Bertz CT molecular complexity index is 1380. The van der Waals surface area contributed by atoms with Gasteiger partial charge in [-0.2, -0.15) is 13.2 Å². The van der Waals surface area contributed by atoms with Crippen molar-refractivity contribution in [1.29, 1.82) is 0 Å². The average molecular weight is 510 g/mol. The Labute approximate surface area is 212 Å². The first-order chi connectivity index (χ1) is 17.7. The van der Waals surface area contributed by atoms with Gasteiger partial charge in [0.1, 0.15) is 11.5 Å². The maximum atomic E-state index is 13.2. The molecule has 2 aliphatic heterocycles. The van der Waals surface area contributed by atoms with Crippen molar-refractivity contribution in [1.82, 2.24) is 10.2 Å². The highest BCUT2D eigenvalue weighted by atomic mass is 19.4. The minimum absolute atomic E-state index is 0.0859. The number of piperidine rings is 1. The molecule has 1 atom stereocenters. The van der Waals surface area contributed by atoms with Gasteiger partial charge in [-0.1, -0.05) is 18.6 Å². The van der Waals surface area contributed by atoms with E-state index in [1.807, 2.05) is 0 Å². The molecule has 1 saturated heterocycles. The van der Waals surface area contributed by atoms with Gasteiger partial charge in [-0.05, 0) is 75.0 Å². The first-order valence-electron chi connectivity index (χ1n) is 12.1. The normalized spacial score (nSPS) is 19.1. The number of carbonyl (C=O) groups excluding carboxylic acids is 2. The minimum atomic E-state index is -4.52. The number of alkyl halides is 3. The molecule has 0 radical (unpaired) electrons. The van der Waals surface area contributed by atoms with E-state index in [9.17, 15) is 22.8 Å². The molecule has 2 aliphatic rings. The molecular formula is C28H26F3N3O3. The molecule has 0 bridgehead atoms. The molecule has 1 fully saturated rings. The Morgan fingerprint density at radius 3 is 2.78 bits per heavy atom. The minimum Gasteiger partial charge on any atom is -0.457 e. The van der Waals surface area contributed by atoms with Gasteiger partial charge in [-0.25, -0.2) is 0 Å². The predicted octanol–water partition coefficient (Wildman–Crippen LogP) is 5.67. The third-order valence-corrected chi connectivity index (χ3v) is 6.87. The Kier molecular flexibility index (Phi) is 6.64. The summed E-state index contributed by atoms with van der Waals surface area (Å²) < 4.78 is 45.4. The molecule has 1 aromatic heterocycles. The number of amides is 2. The van der Waals surface area contributed by atoms with Crippen LogP contribution in [0.5, 0.6) is 0 Å². The maximum absolute atomic E-state index is 13.2. The molecule has 2 aromatic carbocycles. The highest BCUT2D eigenvalue weighted by Gasteiger charge is 2.34. The first-order valence-corrected chi connectivity index (χ1v) is 12.1. The summed E-state index contributed by atoms with van der Waals surface area (Å²) in [4.78, 5) is 27.5. The van der Waals surface area contributed by atoms with E-state index >= 15 is 0 Å². The van der Waals surface area contributed by atoms with Crippen molar-refractivity contribution in [2.24, 2.45) is 0 Å². The zero-order valence-electron chi connectivity index (χ0n) is 20.2. The van der Waals surface area contributed by atoms with E-state index in [1.165, 1.54) is 18.6 Å². The number of anilines is 1. The predicted molar refractivity (Wildman–Crippen MR) is 135 cm³/mol. The van der Waals surface area contributed by atoms with E-state index in [1.54, 1.807) is 36.4 Å². The Morgan fingerprint density at radius 2 is 2.00 bits per heavy atom. The quantitative estimate of drug-likeness (QED) is 0.435. The number of nitrogens with zero attached hydrogens (tertiary/aromatic N) is 1. The lowest BCUT2D eigenvalue weighted by Gasteiger charge is -2.32. The second-order valence-corrected chi connectivity index (χ2v) is 9.39. The topological polar surface area (TPSA) is 74.6 Å². The number of nitrogens with one attached hydrogen (secondary N) is 2. The van der Waals surface area contributed by atoms with Gasteiger partial charge in [0.25, 0.3) is 11.8 Å². The molecule has 37 heavy (non-hydrogen) atoms. The van der Waals surface area contributed by atoms with Crippen LogP contribution < -0.4 is 10.6 Å². The van der Waals surface area contributed by atoms with Gasteiger partial charge in [0.05, 0.1) is 11.1 Å². The monoisotopic (exact) mass is 509 g/mol. The summed E-state index contributed by atoms with van der Waals surface area (Å²) in [6.45, 7) is 1.61. The Hall–Kier alpha value is -3.85. The molecular weight excluding hydrogens is 483 g/mol. The molecule has 0 aliphatic carbocycles. The number of benzene rings is 2. The van der Waals surface area contributed by atoms with Crippen molar-refractivity contribution in [3.05, 3.63) is 77.0 Å². The van der Waals surface area contributed by atoms with Gasteiger partial charge >= 0.3 is 6.18 Å². The summed E-state index contributed by atoms with van der Waals surface area (Å²) >= 11 is 0. The molecule has 3 aromatic rings. The highest BCUT2D eigenvalue weighted by molar-refractivity contribution is 6.34. The van der Waals surface area contributed by atoms with Crippen LogP contribution in [0.25, 0.3) is 23.0 Å². The van der Waals surface area contributed by atoms with Crippen molar-refractivity contribution in [2.45, 2.75) is 31.5 Å². The highest BCUT2D eigenvalue weighted by Crippen LogP contribution is 2.38. The number of likely N-dealkylation sites (tertiary alicyclic amines) is 1. The molecule has 192 valence electrons. The fourth-order valence-corrected chi connectivity index (χ4v) is 4.76. The van der Waals surface area contributed by atoms with Gasteiger partial charge in [-0.3, -0.25) is 9.59 Å². The van der Waals surface area contributed by atoms with Gasteiger partial charge in [-0.15, -0.1) is 0 Å². The van der Waals surface area contributed by atoms with Gasteiger partial charge < -0.3 is 20.0 Å². The number of fused-ring (bicyclic) bond motifs is 1. The maximum Gasteiger partial charge on any atom is 0.416 e. The number of hydrogen-bond donors (Lipinski definition) is 2. The van der Waals surface area contributed by atoms with Crippen LogP contribution in [0, 0.1) is 0 Å². The second kappa shape index (κ2) is 9.89. The number of likely N-dealkylation sites (N-methyl/N-ethyl adjacent to an activating group) is 1. The van der Waals surface area contributed by atoms with Crippen LogP contribution in [0.4, 0.5) is 18.9 Å². The fourth-order valence-electron chi connectivity index (χ4n) is 4.76. The SMILES string of the molecule is CN1CCCCC1CNC(=O)c1cccc(-c2ccc(C=C3C(=O)Nc4ccc(C(F)(F)F)cc43)o2)c1. The molecule has 1 unspecified atom stereocenters. The van der Waals surface area contributed by atoms with Crippen LogP contribution in [0.2, 0.25) is 0 Å². The average Bonchev–Trinajstić information content (AvgIpc) is 3.47. The summed E-state index contributed by atoms with van der Waals surface area (Å²) in [5.74, 6) is 0.0979. The fraction of sp³-hybridized carbons (Fsp3) is 0.286. The van der Waals surface area contributed by atoms with Crippen molar-refractivity contribution in [3.8, 4) is 11.3 Å². The van der Waals surface area contributed by atoms with E-state index in [0.29, 0.717) is 40.9 Å². The first kappa shape index (κ1) is 24.8. The number of rotatable bonds is 5. The van der Waals surface area contributed by atoms with Crippen LogP contribution >= 0.6 is 0 Å². The zero-order valence-corrected chi connectivity index (χ0v) is 20.2. The van der Waals surface area contributed by atoms with Crippen molar-refractivity contribution in [3.63, 3.8) is 0 Å². The second-order valence-electron chi connectivity index (χ2n) is 9.39. The smallest absolute Gasteiger partial charge is 0.416 e. The molecule has 9 heteroatoms. The third-order valence-electron chi connectivity index (χ3n) is 6.87. The van der Waals surface area contributed by atoms with Gasteiger partial charge in [0, 0.05) is 35.0 Å². The number of hydrogen-bond acceptors (Lipinski definition) is 4. The van der Waals surface area contributed by atoms with E-state index in [-0.39, 0.29) is 17.0 Å². The number of halogens is 3. The molecule has 2 N–H and O–H groups in total. The third kappa shape index (κ3) is 5.32. The number of furan rings is 1. The van der Waals surface area contributed by atoms with Crippen molar-refractivity contribution < 1.29 is 27.2 Å². The largest absolute Gasteiger partial charge is 0.457 e. The summed E-state index contributed by atoms with van der Waals surface area (Å²) in [6.07, 6.45) is 0.293. The van der Waals surface area contributed by atoms with Crippen molar-refractivity contribution >= 4 is 29.2 Å². The molecule has 5 rings (SSSR count). The summed E-state index contributed by atoms with van der Waals surface area (Å²) in [5.41, 5.74) is 0.898. The van der Waals surface area contributed by atoms with Crippen molar-refractivity contribution in [2.75, 3.05) is 25.5 Å². The standard InChI is InChI=1S/C28H26F3N3O3/c1-34-12-3-2-7-20(34)16-32-26(35)18-6-4-5-17(13-18)25-11-9-21(37-25)15-23-22-14-19(28(29,30)31)8-10-24(22)33-27(23)36/h4-6,8-11,13-15,20H,2-3,7,12,16H2,1H3,(H,32,35)(H,33,36). The molecule has 6 nitrogen and oxygen atoms in total. The van der Waals surface area contributed by atoms with Crippen LogP contribution in [0.15, 0.2) is 59.0 Å². The van der Waals surface area contributed by atoms with E-state index in [4.69, 9.17) is 4.42 Å². The van der Waals surface area contributed by atoms with E-state index in [2.05, 4.69) is 22.6 Å². The number of carbonyl (C=O) groups is 2. The lowest BCUT2D eigenvalue weighted by atomic mass is 10.0. The molecule has 0 spiro atoms. The molecule has 2 amide bonds. The Balaban J connectivity index is 1.33. The van der Waals surface area contributed by atoms with Crippen LogP contribution in [-0.4, -0.2) is 42.9 Å². The summed E-state index contributed by atoms with van der Waals surface area (Å²) in [7, 11) is 2.07. The van der Waals surface area contributed by atoms with Gasteiger partial charge in [0.2, 0.25) is 0 Å². The van der Waals surface area contributed by atoms with Crippen LogP contribution in [-0.2, 0) is 11.0 Å². The van der Waals surface area contributed by atoms with Crippen LogP contribution in [0.1, 0.15) is 46.5 Å². The molecule has 3 heterocycles. The van der Waals surface area contributed by atoms with E-state index in [0.717, 1.165) is 31.5 Å². The summed E-state index contributed by atoms with van der Waals surface area (Å²) in [6, 6.07) is 13.8. The molecule has 0 saturated carbocycles. The lowest BCUT2D eigenvalue weighted by molar-refractivity contribution is -0.137.